The second kappa shape index (κ2) is 8.18. The van der Waals surface area contributed by atoms with Crippen molar-refractivity contribution in [3.05, 3.63) is 91.8 Å². The first-order valence-electron chi connectivity index (χ1n) is 10.3. The monoisotopic (exact) mass is 463 g/mol. The minimum Gasteiger partial charge on any atom is -0.368 e. The van der Waals surface area contributed by atoms with Gasteiger partial charge in [-0.25, -0.2) is 4.98 Å². The average molecular weight is 464 g/mol. The minimum atomic E-state index is -0.429. The summed E-state index contributed by atoms with van der Waals surface area (Å²) in [4.78, 5) is 45.1. The molecule has 2 aromatic carbocycles. The first kappa shape index (κ1) is 20.9. The number of aromatic nitrogens is 2. The predicted octanol–water partition coefficient (Wildman–Crippen LogP) is 3.37. The van der Waals surface area contributed by atoms with Gasteiger partial charge in [0.1, 0.15) is 0 Å². The van der Waals surface area contributed by atoms with E-state index in [0.29, 0.717) is 53.3 Å². The van der Waals surface area contributed by atoms with E-state index in [1.54, 1.807) is 53.6 Å². The molecule has 1 fully saturated rings. The summed E-state index contributed by atoms with van der Waals surface area (Å²) in [5.74, 6) is -0.198. The Hall–Kier alpha value is -3.98. The summed E-state index contributed by atoms with van der Waals surface area (Å²) in [5.41, 5.74) is 1.77. The van der Waals surface area contributed by atoms with E-state index in [1.165, 1.54) is 16.5 Å². The number of nitro benzene ring substituents is 1. The number of benzene rings is 2. The number of rotatable bonds is 3. The van der Waals surface area contributed by atoms with Crippen LogP contribution in [0.15, 0.2) is 65.6 Å². The van der Waals surface area contributed by atoms with Gasteiger partial charge in [0.25, 0.3) is 17.2 Å². The van der Waals surface area contributed by atoms with Gasteiger partial charge in [-0.1, -0.05) is 11.6 Å². The maximum Gasteiger partial charge on any atom is 0.269 e. The van der Waals surface area contributed by atoms with E-state index in [0.717, 1.165) is 5.69 Å². The van der Waals surface area contributed by atoms with E-state index < -0.39 is 4.92 Å². The highest BCUT2D eigenvalue weighted by atomic mass is 35.5. The quantitative estimate of drug-likeness (QED) is 0.262. The van der Waals surface area contributed by atoms with Crippen molar-refractivity contribution in [3.63, 3.8) is 0 Å². The molecule has 5 rings (SSSR count). The van der Waals surface area contributed by atoms with E-state index in [4.69, 9.17) is 11.6 Å². The molecule has 3 heterocycles. The van der Waals surface area contributed by atoms with Gasteiger partial charge in [-0.05, 0) is 42.5 Å². The van der Waals surface area contributed by atoms with Crippen LogP contribution in [0.3, 0.4) is 0 Å². The zero-order valence-electron chi connectivity index (χ0n) is 17.3. The number of amides is 1. The molecule has 0 N–H and O–H groups in total. The molecule has 1 aliphatic heterocycles. The minimum absolute atomic E-state index is 0.0426. The summed E-state index contributed by atoms with van der Waals surface area (Å²) in [7, 11) is 0. The maximum absolute atomic E-state index is 13.3. The van der Waals surface area contributed by atoms with E-state index in [2.05, 4.69) is 9.88 Å². The lowest BCUT2D eigenvalue weighted by atomic mass is 10.1. The number of fused-ring (bicyclic) bond motifs is 2. The van der Waals surface area contributed by atoms with E-state index in [-0.39, 0.29) is 17.2 Å². The predicted molar refractivity (Wildman–Crippen MR) is 125 cm³/mol. The van der Waals surface area contributed by atoms with Crippen LogP contribution >= 0.6 is 11.6 Å². The highest BCUT2D eigenvalue weighted by molar-refractivity contribution is 6.31. The second-order valence-electron chi connectivity index (χ2n) is 7.75. The molecular formula is C23H18ClN5O4. The van der Waals surface area contributed by atoms with Gasteiger partial charge in [-0.2, -0.15) is 0 Å². The Balaban J connectivity index is 1.40. The molecule has 0 saturated carbocycles. The molecule has 0 atom stereocenters. The summed E-state index contributed by atoms with van der Waals surface area (Å²) >= 11 is 6.03. The summed E-state index contributed by atoms with van der Waals surface area (Å²) in [6.07, 6.45) is 1.59. The second-order valence-corrected chi connectivity index (χ2v) is 8.18. The number of anilines is 1. The van der Waals surface area contributed by atoms with Crippen LogP contribution < -0.4 is 10.5 Å². The standard InChI is InChI=1S/C23H18ClN5O4/c24-15-3-8-20-19(14-15)23(31)28-9-1-2-18(21(28)25-20)22(30)27-12-10-26(11-13-27)16-4-6-17(7-5-16)29(32)33/h1-9,14H,10-13H2. The van der Waals surface area contributed by atoms with Crippen molar-refractivity contribution in [1.82, 2.24) is 14.3 Å². The Morgan fingerprint density at radius 2 is 1.76 bits per heavy atom. The number of carbonyl (C=O) groups is 1. The molecule has 1 saturated heterocycles. The fourth-order valence-corrected chi connectivity index (χ4v) is 4.26. The number of piperazine rings is 1. The molecule has 9 nitrogen and oxygen atoms in total. The molecule has 0 radical (unpaired) electrons. The van der Waals surface area contributed by atoms with Crippen LogP contribution in [0.1, 0.15) is 10.4 Å². The van der Waals surface area contributed by atoms with Crippen LogP contribution in [0.4, 0.5) is 11.4 Å². The molecule has 166 valence electrons. The lowest BCUT2D eigenvalue weighted by Crippen LogP contribution is -2.49. The molecule has 33 heavy (non-hydrogen) atoms. The zero-order chi connectivity index (χ0) is 23.1. The SMILES string of the molecule is O=C(c1cccn2c(=O)c3cc(Cl)ccc3nc12)N1CCN(c2ccc([N+](=O)[O-])cc2)CC1. The number of non-ortho nitro benzene ring substituents is 1. The van der Waals surface area contributed by atoms with E-state index >= 15 is 0 Å². The fraction of sp³-hybridized carbons (Fsp3) is 0.174. The smallest absolute Gasteiger partial charge is 0.269 e. The van der Waals surface area contributed by atoms with Crippen molar-refractivity contribution in [2.75, 3.05) is 31.1 Å². The Kier molecular flexibility index (Phi) is 5.18. The molecule has 2 aromatic heterocycles. The Bertz CT molecular complexity index is 1460. The lowest BCUT2D eigenvalue weighted by Gasteiger charge is -2.36. The van der Waals surface area contributed by atoms with Gasteiger partial charge in [-0.3, -0.25) is 24.1 Å². The molecule has 0 bridgehead atoms. The topological polar surface area (TPSA) is 101 Å². The maximum atomic E-state index is 13.3. The number of nitro groups is 1. The first-order chi connectivity index (χ1) is 15.9. The van der Waals surface area contributed by atoms with Crippen LogP contribution in [0, 0.1) is 10.1 Å². The number of hydrogen-bond donors (Lipinski definition) is 0. The third-order valence-electron chi connectivity index (χ3n) is 5.82. The largest absolute Gasteiger partial charge is 0.368 e. The number of carbonyl (C=O) groups excluding carboxylic acids is 1. The Morgan fingerprint density at radius 1 is 1.03 bits per heavy atom. The van der Waals surface area contributed by atoms with Gasteiger partial charge < -0.3 is 9.80 Å². The summed E-state index contributed by atoms with van der Waals surface area (Å²) in [6, 6.07) is 14.6. The number of hydrogen-bond acceptors (Lipinski definition) is 6. The number of nitrogens with zero attached hydrogens (tertiary/aromatic N) is 5. The van der Waals surface area contributed by atoms with Crippen LogP contribution in [0.5, 0.6) is 0 Å². The Labute approximate surface area is 192 Å². The molecule has 1 aliphatic rings. The van der Waals surface area contributed by atoms with Crippen LogP contribution in [-0.2, 0) is 0 Å². The first-order valence-corrected chi connectivity index (χ1v) is 10.7. The van der Waals surface area contributed by atoms with Crippen molar-refractivity contribution in [2.45, 2.75) is 0 Å². The number of pyridine rings is 1. The third kappa shape index (κ3) is 3.76. The van der Waals surface area contributed by atoms with E-state index in [9.17, 15) is 19.7 Å². The van der Waals surface area contributed by atoms with Gasteiger partial charge in [0.2, 0.25) is 0 Å². The molecule has 0 unspecified atom stereocenters. The van der Waals surface area contributed by atoms with Gasteiger partial charge in [0.05, 0.1) is 21.4 Å². The summed E-state index contributed by atoms with van der Waals surface area (Å²) in [6.45, 7) is 2.13. The third-order valence-corrected chi connectivity index (χ3v) is 6.06. The van der Waals surface area contributed by atoms with Crippen LogP contribution in [0.2, 0.25) is 5.02 Å². The molecule has 4 aromatic rings. The molecule has 0 spiro atoms. The normalized spacial score (nSPS) is 14.1. The van der Waals surface area contributed by atoms with Crippen LogP contribution in [0.25, 0.3) is 16.6 Å². The zero-order valence-corrected chi connectivity index (χ0v) is 18.1. The van der Waals surface area contributed by atoms with Crippen molar-refractivity contribution in [1.29, 1.82) is 0 Å². The lowest BCUT2D eigenvalue weighted by molar-refractivity contribution is -0.384. The molecule has 10 heteroatoms. The van der Waals surface area contributed by atoms with Gasteiger partial charge >= 0.3 is 0 Å². The summed E-state index contributed by atoms with van der Waals surface area (Å²) < 4.78 is 1.37. The fourth-order valence-electron chi connectivity index (χ4n) is 4.09. The van der Waals surface area contributed by atoms with Gasteiger partial charge in [0, 0.05) is 55.2 Å². The van der Waals surface area contributed by atoms with Crippen molar-refractivity contribution in [3.8, 4) is 0 Å². The van der Waals surface area contributed by atoms with Gasteiger partial charge in [-0.15, -0.1) is 0 Å². The number of halogens is 1. The molecule has 1 amide bonds. The van der Waals surface area contributed by atoms with Crippen molar-refractivity contribution >= 4 is 45.4 Å². The van der Waals surface area contributed by atoms with Gasteiger partial charge in [0.15, 0.2) is 5.65 Å². The average Bonchev–Trinajstić information content (AvgIpc) is 2.84. The Morgan fingerprint density at radius 3 is 2.45 bits per heavy atom. The van der Waals surface area contributed by atoms with Crippen molar-refractivity contribution < 1.29 is 9.72 Å². The van der Waals surface area contributed by atoms with E-state index in [1.807, 2.05) is 0 Å². The molecular weight excluding hydrogens is 446 g/mol. The van der Waals surface area contributed by atoms with Crippen molar-refractivity contribution in [2.24, 2.45) is 0 Å². The molecule has 0 aliphatic carbocycles. The highest BCUT2D eigenvalue weighted by Crippen LogP contribution is 2.22. The summed E-state index contributed by atoms with van der Waals surface area (Å²) in [5, 5.41) is 11.7. The highest BCUT2D eigenvalue weighted by Gasteiger charge is 2.25. The van der Waals surface area contributed by atoms with Crippen LogP contribution in [-0.4, -0.2) is 51.3 Å².